The summed E-state index contributed by atoms with van der Waals surface area (Å²) < 4.78 is 0. The zero-order chi connectivity index (χ0) is 10.6. The fraction of sp³-hybridized carbons (Fsp3) is 0.444. The average Bonchev–Trinajstić information content (AvgIpc) is 2.15. The van der Waals surface area contributed by atoms with Gasteiger partial charge in [0.15, 0.2) is 5.82 Å². The van der Waals surface area contributed by atoms with Gasteiger partial charge in [-0.25, -0.2) is 9.99 Å². The lowest BCUT2D eigenvalue weighted by atomic mass is 10.3. The van der Waals surface area contributed by atoms with Crippen molar-refractivity contribution < 1.29 is 0 Å². The van der Waals surface area contributed by atoms with Crippen LogP contribution in [0.1, 0.15) is 0 Å². The van der Waals surface area contributed by atoms with Crippen molar-refractivity contribution in [2.45, 2.75) is 0 Å². The lowest BCUT2D eigenvalue weighted by molar-refractivity contribution is 0.357. The quantitative estimate of drug-likeness (QED) is 0.519. The van der Waals surface area contributed by atoms with E-state index in [1.54, 1.807) is 11.2 Å². The van der Waals surface area contributed by atoms with Gasteiger partial charge in [-0.3, -0.25) is 5.84 Å². The van der Waals surface area contributed by atoms with Crippen molar-refractivity contribution in [3.8, 4) is 0 Å². The number of aromatic nitrogens is 1. The summed E-state index contributed by atoms with van der Waals surface area (Å²) in [7, 11) is 3.78. The minimum atomic E-state index is 0.690. The van der Waals surface area contributed by atoms with E-state index in [1.807, 2.05) is 31.1 Å². The van der Waals surface area contributed by atoms with E-state index in [1.165, 1.54) is 0 Å². The number of nitrogens with zero attached hydrogens (tertiary/aromatic N) is 3. The van der Waals surface area contributed by atoms with Crippen LogP contribution in [0.25, 0.3) is 0 Å². The van der Waals surface area contributed by atoms with Gasteiger partial charge in [0.25, 0.3) is 0 Å². The van der Waals surface area contributed by atoms with Crippen molar-refractivity contribution in [1.82, 2.24) is 9.99 Å². The number of rotatable bonds is 4. The van der Waals surface area contributed by atoms with E-state index in [4.69, 9.17) is 11.6 Å². The Kier molecular flexibility index (Phi) is 3.67. The summed E-state index contributed by atoms with van der Waals surface area (Å²) in [4.78, 5) is 6.18. The SMILES string of the molecule is CN(N)CCN(C)c1ncccc1N. The van der Waals surface area contributed by atoms with E-state index in [0.717, 1.165) is 18.9 Å². The molecule has 0 atom stereocenters. The summed E-state index contributed by atoms with van der Waals surface area (Å²) in [5.41, 5.74) is 6.47. The van der Waals surface area contributed by atoms with Gasteiger partial charge in [-0.05, 0) is 12.1 Å². The van der Waals surface area contributed by atoms with Crippen LogP contribution < -0.4 is 16.5 Å². The first-order valence-corrected chi connectivity index (χ1v) is 4.48. The van der Waals surface area contributed by atoms with E-state index in [-0.39, 0.29) is 0 Å². The Hall–Kier alpha value is -1.33. The molecule has 0 saturated carbocycles. The first-order chi connectivity index (χ1) is 6.61. The van der Waals surface area contributed by atoms with E-state index in [9.17, 15) is 0 Å². The van der Waals surface area contributed by atoms with Crippen LogP contribution in [0.4, 0.5) is 11.5 Å². The molecule has 4 N–H and O–H groups in total. The molecule has 1 aromatic heterocycles. The zero-order valence-corrected chi connectivity index (χ0v) is 8.64. The normalized spacial score (nSPS) is 10.6. The molecular formula is C9H17N5. The number of hydrazine groups is 1. The molecule has 0 unspecified atom stereocenters. The third-order valence-corrected chi connectivity index (χ3v) is 1.97. The standard InChI is InChI=1S/C9H17N5/c1-13(6-7-14(2)11)9-8(10)4-3-5-12-9/h3-5H,6-7,10-11H2,1-2H3. The van der Waals surface area contributed by atoms with Gasteiger partial charge in [0.2, 0.25) is 0 Å². The molecule has 0 aromatic carbocycles. The first kappa shape index (κ1) is 10.7. The highest BCUT2D eigenvalue weighted by Crippen LogP contribution is 2.16. The number of anilines is 2. The third-order valence-electron chi connectivity index (χ3n) is 1.97. The molecule has 5 nitrogen and oxygen atoms in total. The van der Waals surface area contributed by atoms with Crippen molar-refractivity contribution in [2.75, 3.05) is 37.8 Å². The second-order valence-corrected chi connectivity index (χ2v) is 3.32. The summed E-state index contributed by atoms with van der Waals surface area (Å²) in [6.07, 6.45) is 1.73. The smallest absolute Gasteiger partial charge is 0.151 e. The van der Waals surface area contributed by atoms with Crippen molar-refractivity contribution in [2.24, 2.45) is 5.84 Å². The minimum Gasteiger partial charge on any atom is -0.396 e. The molecule has 1 aromatic rings. The van der Waals surface area contributed by atoms with Crippen molar-refractivity contribution in [3.05, 3.63) is 18.3 Å². The number of nitrogens with two attached hydrogens (primary N) is 2. The molecule has 0 spiro atoms. The molecule has 0 fully saturated rings. The number of pyridine rings is 1. The number of nitrogen functional groups attached to an aromatic ring is 1. The van der Waals surface area contributed by atoms with E-state index in [0.29, 0.717) is 5.69 Å². The van der Waals surface area contributed by atoms with Gasteiger partial charge in [0.05, 0.1) is 5.69 Å². The summed E-state index contributed by atoms with van der Waals surface area (Å²) >= 11 is 0. The van der Waals surface area contributed by atoms with Gasteiger partial charge in [0, 0.05) is 33.4 Å². The van der Waals surface area contributed by atoms with Gasteiger partial charge in [-0.1, -0.05) is 0 Å². The van der Waals surface area contributed by atoms with Crippen molar-refractivity contribution in [1.29, 1.82) is 0 Å². The number of hydrogen-bond acceptors (Lipinski definition) is 5. The fourth-order valence-corrected chi connectivity index (χ4v) is 1.14. The van der Waals surface area contributed by atoms with Gasteiger partial charge in [-0.15, -0.1) is 0 Å². The van der Waals surface area contributed by atoms with Gasteiger partial charge in [-0.2, -0.15) is 0 Å². The van der Waals surface area contributed by atoms with Crippen LogP contribution in [-0.4, -0.2) is 37.2 Å². The molecular weight excluding hydrogens is 178 g/mol. The highest BCUT2D eigenvalue weighted by atomic mass is 15.4. The van der Waals surface area contributed by atoms with Gasteiger partial charge >= 0.3 is 0 Å². The van der Waals surface area contributed by atoms with Crippen molar-refractivity contribution in [3.63, 3.8) is 0 Å². The zero-order valence-electron chi connectivity index (χ0n) is 8.64. The molecule has 0 radical (unpaired) electrons. The van der Waals surface area contributed by atoms with Gasteiger partial charge < -0.3 is 10.6 Å². The first-order valence-electron chi connectivity index (χ1n) is 4.48. The van der Waals surface area contributed by atoms with Crippen LogP contribution in [0.3, 0.4) is 0 Å². The summed E-state index contributed by atoms with van der Waals surface area (Å²) in [5.74, 6) is 6.31. The van der Waals surface area contributed by atoms with Gasteiger partial charge in [0.1, 0.15) is 0 Å². The fourth-order valence-electron chi connectivity index (χ4n) is 1.14. The molecule has 0 aliphatic heterocycles. The summed E-state index contributed by atoms with van der Waals surface area (Å²) in [5, 5.41) is 1.63. The number of hydrogen-bond donors (Lipinski definition) is 2. The Morgan fingerprint density at radius 3 is 2.64 bits per heavy atom. The Labute approximate surface area is 84.3 Å². The maximum Gasteiger partial charge on any atom is 0.151 e. The molecule has 0 bridgehead atoms. The average molecular weight is 195 g/mol. The second kappa shape index (κ2) is 4.78. The van der Waals surface area contributed by atoms with E-state index < -0.39 is 0 Å². The highest BCUT2D eigenvalue weighted by molar-refractivity contribution is 5.61. The van der Waals surface area contributed by atoms with Crippen LogP contribution in [0, 0.1) is 0 Å². The Balaban J connectivity index is 2.60. The molecule has 0 amide bonds. The summed E-state index contributed by atoms with van der Waals surface area (Å²) in [6.45, 7) is 1.57. The monoisotopic (exact) mass is 195 g/mol. The maximum absolute atomic E-state index is 5.78. The second-order valence-electron chi connectivity index (χ2n) is 3.32. The highest BCUT2D eigenvalue weighted by Gasteiger charge is 2.05. The predicted octanol–water partition coefficient (Wildman–Crippen LogP) is -0.0945. The van der Waals surface area contributed by atoms with E-state index in [2.05, 4.69) is 4.98 Å². The molecule has 0 aliphatic carbocycles. The Morgan fingerprint density at radius 2 is 2.07 bits per heavy atom. The van der Waals surface area contributed by atoms with Crippen molar-refractivity contribution >= 4 is 11.5 Å². The van der Waals surface area contributed by atoms with Crippen LogP contribution in [-0.2, 0) is 0 Å². The van der Waals surface area contributed by atoms with Crippen LogP contribution >= 0.6 is 0 Å². The van der Waals surface area contributed by atoms with E-state index >= 15 is 0 Å². The topological polar surface area (TPSA) is 71.4 Å². The largest absolute Gasteiger partial charge is 0.396 e. The Bertz CT molecular complexity index is 286. The van der Waals surface area contributed by atoms with Crippen LogP contribution in [0.15, 0.2) is 18.3 Å². The molecule has 5 heteroatoms. The third kappa shape index (κ3) is 2.86. The maximum atomic E-state index is 5.78. The van der Waals surface area contributed by atoms with Crippen LogP contribution in [0.2, 0.25) is 0 Å². The molecule has 1 rings (SSSR count). The molecule has 0 saturated heterocycles. The lowest BCUT2D eigenvalue weighted by Crippen LogP contribution is -2.35. The predicted molar refractivity (Wildman–Crippen MR) is 58.7 cm³/mol. The molecule has 0 aliphatic rings. The molecule has 14 heavy (non-hydrogen) atoms. The lowest BCUT2D eigenvalue weighted by Gasteiger charge is -2.21. The minimum absolute atomic E-state index is 0.690. The molecule has 1 heterocycles. The summed E-state index contributed by atoms with van der Waals surface area (Å²) in [6, 6.07) is 3.66. The number of likely N-dealkylation sites (N-methyl/N-ethyl adjacent to an activating group) is 2. The molecule has 78 valence electrons. The van der Waals surface area contributed by atoms with Crippen LogP contribution in [0.5, 0.6) is 0 Å². The Morgan fingerprint density at radius 1 is 1.36 bits per heavy atom.